The first-order valence-corrected chi connectivity index (χ1v) is 11.4. The molecule has 2 aliphatic rings. The van der Waals surface area contributed by atoms with Gasteiger partial charge in [0.1, 0.15) is 0 Å². The van der Waals surface area contributed by atoms with E-state index in [2.05, 4.69) is 10.0 Å². The fraction of sp³-hybridized carbons (Fsp3) is 0.350. The summed E-state index contributed by atoms with van der Waals surface area (Å²) in [6.07, 6.45) is 4.60. The summed E-state index contributed by atoms with van der Waals surface area (Å²) in [7, 11) is -3.80. The number of rotatable bonds is 5. The summed E-state index contributed by atoms with van der Waals surface area (Å²) in [5, 5.41) is 3.82. The fourth-order valence-corrected chi connectivity index (χ4v) is 5.64. The van der Waals surface area contributed by atoms with Gasteiger partial charge < -0.3 is 5.32 Å². The molecule has 0 aromatic heterocycles. The second-order valence-corrected chi connectivity index (χ2v) is 10.0. The SMILES string of the molecule is O=C(N[C@H]1C[C@H]2CC[C@@H]1C2)c1cc(NS(=O)(=O)c2ccc(Cl)cc2)ccc1Cl. The first-order valence-electron chi connectivity index (χ1n) is 9.20. The van der Waals surface area contributed by atoms with E-state index < -0.39 is 10.0 Å². The van der Waals surface area contributed by atoms with Gasteiger partial charge in [-0.15, -0.1) is 0 Å². The van der Waals surface area contributed by atoms with E-state index in [4.69, 9.17) is 23.2 Å². The Morgan fingerprint density at radius 2 is 1.75 bits per heavy atom. The van der Waals surface area contributed by atoms with Gasteiger partial charge in [0.15, 0.2) is 0 Å². The maximum Gasteiger partial charge on any atom is 0.261 e. The summed E-state index contributed by atoms with van der Waals surface area (Å²) >= 11 is 12.0. The van der Waals surface area contributed by atoms with Crippen molar-refractivity contribution in [3.05, 3.63) is 58.1 Å². The zero-order valence-electron chi connectivity index (χ0n) is 15.0. The Hall–Kier alpha value is -1.76. The highest BCUT2D eigenvalue weighted by molar-refractivity contribution is 7.92. The number of carbonyl (C=O) groups excluding carboxylic acids is 1. The standard InChI is InChI=1S/C20H20Cl2N2O3S/c21-14-3-6-16(7-4-14)28(26,27)24-15-5-8-18(22)17(11-15)20(25)23-19-10-12-1-2-13(19)9-12/h3-8,11-13,19,24H,1-2,9-10H2,(H,23,25)/t12-,13+,19-/m0/s1. The van der Waals surface area contributed by atoms with Crippen LogP contribution in [0.25, 0.3) is 0 Å². The van der Waals surface area contributed by atoms with Crippen molar-refractivity contribution in [1.29, 1.82) is 0 Å². The Morgan fingerprint density at radius 3 is 2.39 bits per heavy atom. The molecule has 148 valence electrons. The number of anilines is 1. The molecule has 2 aliphatic carbocycles. The third-order valence-corrected chi connectivity index (χ3v) is 7.62. The van der Waals surface area contributed by atoms with Gasteiger partial charge in [-0.05, 0) is 73.6 Å². The summed E-state index contributed by atoms with van der Waals surface area (Å²) in [6.45, 7) is 0. The van der Waals surface area contributed by atoms with Crippen molar-refractivity contribution in [1.82, 2.24) is 5.32 Å². The smallest absolute Gasteiger partial charge is 0.261 e. The van der Waals surface area contributed by atoms with Gasteiger partial charge in [-0.3, -0.25) is 9.52 Å². The van der Waals surface area contributed by atoms with Gasteiger partial charge in [0.05, 0.1) is 15.5 Å². The van der Waals surface area contributed by atoms with E-state index in [0.29, 0.717) is 16.9 Å². The lowest BCUT2D eigenvalue weighted by molar-refractivity contribution is 0.0923. The zero-order chi connectivity index (χ0) is 19.9. The van der Waals surface area contributed by atoms with Crippen molar-refractivity contribution >= 4 is 44.8 Å². The molecule has 5 nitrogen and oxygen atoms in total. The topological polar surface area (TPSA) is 75.3 Å². The van der Waals surface area contributed by atoms with Crippen LogP contribution in [0.2, 0.25) is 10.0 Å². The molecule has 3 atom stereocenters. The lowest BCUT2D eigenvalue weighted by Crippen LogP contribution is -2.38. The van der Waals surface area contributed by atoms with Crippen molar-refractivity contribution in [2.45, 2.75) is 36.6 Å². The molecule has 1 amide bonds. The number of benzene rings is 2. The highest BCUT2D eigenvalue weighted by atomic mass is 35.5. The average Bonchev–Trinajstić information content (AvgIpc) is 3.26. The van der Waals surface area contributed by atoms with Crippen LogP contribution in [0.4, 0.5) is 5.69 Å². The van der Waals surface area contributed by atoms with Gasteiger partial charge in [-0.25, -0.2) is 8.42 Å². The molecular formula is C20H20Cl2N2O3S. The number of sulfonamides is 1. The van der Waals surface area contributed by atoms with Crippen LogP contribution >= 0.6 is 23.2 Å². The van der Waals surface area contributed by atoms with Crippen LogP contribution < -0.4 is 10.0 Å². The molecule has 2 aromatic rings. The molecule has 2 fully saturated rings. The third kappa shape index (κ3) is 4.00. The summed E-state index contributed by atoms with van der Waals surface area (Å²) in [5.74, 6) is 0.984. The van der Waals surface area contributed by atoms with Crippen molar-refractivity contribution < 1.29 is 13.2 Å². The van der Waals surface area contributed by atoms with Crippen molar-refractivity contribution in [2.24, 2.45) is 11.8 Å². The van der Waals surface area contributed by atoms with Gasteiger partial charge in [0.25, 0.3) is 15.9 Å². The van der Waals surface area contributed by atoms with Gasteiger partial charge >= 0.3 is 0 Å². The quantitative estimate of drug-likeness (QED) is 0.709. The van der Waals surface area contributed by atoms with Crippen LogP contribution in [0, 0.1) is 11.8 Å². The molecule has 0 aliphatic heterocycles. The number of carbonyl (C=O) groups is 1. The van der Waals surface area contributed by atoms with E-state index in [1.54, 1.807) is 0 Å². The molecule has 0 radical (unpaired) electrons. The molecule has 2 aromatic carbocycles. The van der Waals surface area contributed by atoms with Crippen LogP contribution in [0.15, 0.2) is 47.4 Å². The number of halogens is 2. The Bertz CT molecular complexity index is 1010. The van der Waals surface area contributed by atoms with E-state index >= 15 is 0 Å². The minimum Gasteiger partial charge on any atom is -0.349 e. The summed E-state index contributed by atoms with van der Waals surface area (Å²) < 4.78 is 27.6. The second-order valence-electron chi connectivity index (χ2n) is 7.51. The molecule has 0 unspecified atom stereocenters. The third-order valence-electron chi connectivity index (χ3n) is 5.64. The highest BCUT2D eigenvalue weighted by Gasteiger charge is 2.40. The van der Waals surface area contributed by atoms with Crippen LogP contribution in [-0.4, -0.2) is 20.4 Å². The predicted molar refractivity (Wildman–Crippen MR) is 110 cm³/mol. The lowest BCUT2D eigenvalue weighted by atomic mass is 9.95. The lowest BCUT2D eigenvalue weighted by Gasteiger charge is -2.23. The van der Waals surface area contributed by atoms with Gasteiger partial charge in [0, 0.05) is 16.8 Å². The van der Waals surface area contributed by atoms with Crippen molar-refractivity contribution in [3.8, 4) is 0 Å². The monoisotopic (exact) mass is 438 g/mol. The van der Waals surface area contributed by atoms with E-state index in [-0.39, 0.29) is 33.1 Å². The van der Waals surface area contributed by atoms with Crippen LogP contribution in [0.5, 0.6) is 0 Å². The number of hydrogen-bond acceptors (Lipinski definition) is 3. The fourth-order valence-electron chi connectivity index (χ4n) is 4.26. The normalized spacial score (nSPS) is 23.6. The summed E-state index contributed by atoms with van der Waals surface area (Å²) in [6, 6.07) is 10.6. The number of hydrogen-bond donors (Lipinski definition) is 2. The molecule has 2 N–H and O–H groups in total. The number of amides is 1. The van der Waals surface area contributed by atoms with Crippen LogP contribution in [-0.2, 0) is 10.0 Å². The van der Waals surface area contributed by atoms with Crippen LogP contribution in [0.1, 0.15) is 36.0 Å². The summed E-state index contributed by atoms with van der Waals surface area (Å²) in [4.78, 5) is 12.8. The Kier molecular flexibility index (Phi) is 5.29. The molecule has 2 bridgehead atoms. The van der Waals surface area contributed by atoms with Gasteiger partial charge in [0.2, 0.25) is 0 Å². The van der Waals surface area contributed by atoms with Crippen LogP contribution in [0.3, 0.4) is 0 Å². The molecule has 8 heteroatoms. The average molecular weight is 439 g/mol. The minimum absolute atomic E-state index is 0.0832. The first kappa shape index (κ1) is 19.6. The van der Waals surface area contributed by atoms with E-state index in [0.717, 1.165) is 12.8 Å². The summed E-state index contributed by atoms with van der Waals surface area (Å²) in [5.41, 5.74) is 0.540. The van der Waals surface area contributed by atoms with Crippen molar-refractivity contribution in [3.63, 3.8) is 0 Å². The molecule has 28 heavy (non-hydrogen) atoms. The van der Waals surface area contributed by atoms with Crippen molar-refractivity contribution in [2.75, 3.05) is 4.72 Å². The Morgan fingerprint density at radius 1 is 1.00 bits per heavy atom. The maximum absolute atomic E-state index is 12.7. The highest BCUT2D eigenvalue weighted by Crippen LogP contribution is 2.44. The van der Waals surface area contributed by atoms with Gasteiger partial charge in [-0.1, -0.05) is 29.6 Å². The largest absolute Gasteiger partial charge is 0.349 e. The van der Waals surface area contributed by atoms with E-state index in [9.17, 15) is 13.2 Å². The molecule has 4 rings (SSSR count). The van der Waals surface area contributed by atoms with Gasteiger partial charge in [-0.2, -0.15) is 0 Å². The number of nitrogens with one attached hydrogen (secondary N) is 2. The van der Waals surface area contributed by atoms with E-state index in [1.807, 2.05) is 0 Å². The maximum atomic E-state index is 12.7. The number of fused-ring (bicyclic) bond motifs is 2. The van der Waals surface area contributed by atoms with E-state index in [1.165, 1.54) is 55.3 Å². The molecule has 2 saturated carbocycles. The Labute approximate surface area is 174 Å². The Balaban J connectivity index is 1.52. The molecular weight excluding hydrogens is 419 g/mol. The molecule has 0 heterocycles. The minimum atomic E-state index is -3.80. The second kappa shape index (κ2) is 7.58. The zero-order valence-corrected chi connectivity index (χ0v) is 17.3. The molecule has 0 spiro atoms. The predicted octanol–water partition coefficient (Wildman–Crippen LogP) is 4.71. The first-order chi connectivity index (χ1) is 13.3. The molecule has 0 saturated heterocycles.